The lowest BCUT2D eigenvalue weighted by atomic mass is 10.1. The lowest BCUT2D eigenvalue weighted by Crippen LogP contribution is -2.25. The highest BCUT2D eigenvalue weighted by Gasteiger charge is 2.26. The molecule has 0 amide bonds. The average Bonchev–Trinajstić information content (AvgIpc) is 2.27. The summed E-state index contributed by atoms with van der Waals surface area (Å²) >= 11 is 0. The first-order valence-electron chi connectivity index (χ1n) is 5.33. The van der Waals surface area contributed by atoms with Crippen molar-refractivity contribution in [3.63, 3.8) is 0 Å². The van der Waals surface area contributed by atoms with Gasteiger partial charge in [0.1, 0.15) is 5.69 Å². The summed E-state index contributed by atoms with van der Waals surface area (Å²) in [7, 11) is 0. The molecule has 1 aliphatic heterocycles. The minimum atomic E-state index is -0.948. The third-order valence-corrected chi connectivity index (χ3v) is 2.75. The van der Waals surface area contributed by atoms with Gasteiger partial charge in [-0.15, -0.1) is 0 Å². The predicted octanol–water partition coefficient (Wildman–Crippen LogP) is 1.58. The molecule has 0 spiro atoms. The number of aromatic nitrogens is 2. The first-order valence-corrected chi connectivity index (χ1v) is 5.33. The molecule has 82 valence electrons. The average molecular weight is 216 g/mol. The standard InChI is InChI=1S/C12H12N2O2/c1-7-6-10-11(12(15)16-7)14-9-5-3-2-4-8(9)13-10/h2-5,7,12,15H,6H2,1H3. The van der Waals surface area contributed by atoms with Crippen molar-refractivity contribution in [1.29, 1.82) is 0 Å². The maximum Gasteiger partial charge on any atom is 0.200 e. The van der Waals surface area contributed by atoms with Crippen LogP contribution in [0.2, 0.25) is 0 Å². The molecule has 0 saturated carbocycles. The highest BCUT2D eigenvalue weighted by atomic mass is 16.6. The molecular formula is C12H12N2O2. The second kappa shape index (κ2) is 3.50. The van der Waals surface area contributed by atoms with Crippen LogP contribution in [0.25, 0.3) is 11.0 Å². The van der Waals surface area contributed by atoms with Crippen LogP contribution in [0.3, 0.4) is 0 Å². The van der Waals surface area contributed by atoms with Gasteiger partial charge in [-0.2, -0.15) is 0 Å². The lowest BCUT2D eigenvalue weighted by Gasteiger charge is -2.25. The van der Waals surface area contributed by atoms with Crippen LogP contribution in [-0.4, -0.2) is 21.2 Å². The molecule has 2 unspecified atom stereocenters. The molecule has 1 aliphatic rings. The zero-order valence-electron chi connectivity index (χ0n) is 8.92. The van der Waals surface area contributed by atoms with Gasteiger partial charge in [0.2, 0.25) is 6.29 Å². The molecule has 1 aromatic carbocycles. The van der Waals surface area contributed by atoms with Gasteiger partial charge >= 0.3 is 0 Å². The number of hydrogen-bond donors (Lipinski definition) is 1. The second-order valence-electron chi connectivity index (χ2n) is 4.05. The Kier molecular flexibility index (Phi) is 2.12. The smallest absolute Gasteiger partial charge is 0.200 e. The molecule has 16 heavy (non-hydrogen) atoms. The van der Waals surface area contributed by atoms with Crippen molar-refractivity contribution in [2.75, 3.05) is 0 Å². The van der Waals surface area contributed by atoms with E-state index in [4.69, 9.17) is 4.74 Å². The van der Waals surface area contributed by atoms with Crippen molar-refractivity contribution >= 4 is 11.0 Å². The number of aliphatic hydroxyl groups excluding tert-OH is 1. The number of hydrogen-bond acceptors (Lipinski definition) is 4. The minimum absolute atomic E-state index is 0.0158. The molecular weight excluding hydrogens is 204 g/mol. The van der Waals surface area contributed by atoms with E-state index in [0.29, 0.717) is 12.1 Å². The van der Waals surface area contributed by atoms with Gasteiger partial charge in [0.05, 0.1) is 22.8 Å². The van der Waals surface area contributed by atoms with Gasteiger partial charge in [0.25, 0.3) is 0 Å². The molecule has 2 aromatic rings. The Morgan fingerprint density at radius 3 is 2.69 bits per heavy atom. The maximum atomic E-state index is 9.77. The van der Waals surface area contributed by atoms with E-state index in [0.717, 1.165) is 16.7 Å². The lowest BCUT2D eigenvalue weighted by molar-refractivity contribution is -0.146. The molecule has 0 aliphatic carbocycles. The molecule has 1 aromatic heterocycles. The van der Waals surface area contributed by atoms with Crippen LogP contribution in [-0.2, 0) is 11.2 Å². The molecule has 2 atom stereocenters. The minimum Gasteiger partial charge on any atom is -0.363 e. The van der Waals surface area contributed by atoms with Gasteiger partial charge in [-0.05, 0) is 19.1 Å². The van der Waals surface area contributed by atoms with E-state index in [1.165, 1.54) is 0 Å². The number of benzene rings is 1. The van der Waals surface area contributed by atoms with Crippen molar-refractivity contribution in [3.05, 3.63) is 35.7 Å². The molecule has 4 heteroatoms. The zero-order valence-corrected chi connectivity index (χ0v) is 8.92. The number of rotatable bonds is 0. The summed E-state index contributed by atoms with van der Waals surface area (Å²) in [5, 5.41) is 9.77. The Morgan fingerprint density at radius 1 is 1.25 bits per heavy atom. The third-order valence-electron chi connectivity index (χ3n) is 2.75. The summed E-state index contributed by atoms with van der Waals surface area (Å²) < 4.78 is 5.31. The quantitative estimate of drug-likeness (QED) is 0.726. The van der Waals surface area contributed by atoms with Gasteiger partial charge in [0.15, 0.2) is 0 Å². The van der Waals surface area contributed by atoms with Gasteiger partial charge < -0.3 is 9.84 Å². The van der Waals surface area contributed by atoms with Crippen molar-refractivity contribution < 1.29 is 9.84 Å². The summed E-state index contributed by atoms with van der Waals surface area (Å²) in [6, 6.07) is 7.65. The highest BCUT2D eigenvalue weighted by molar-refractivity contribution is 5.74. The van der Waals surface area contributed by atoms with Crippen molar-refractivity contribution in [2.45, 2.75) is 25.7 Å². The summed E-state index contributed by atoms with van der Waals surface area (Å²) in [5.74, 6) is 0. The van der Waals surface area contributed by atoms with Crippen LogP contribution in [0.1, 0.15) is 24.6 Å². The summed E-state index contributed by atoms with van der Waals surface area (Å²) in [6.07, 6.45) is -0.265. The van der Waals surface area contributed by atoms with E-state index in [1.54, 1.807) is 0 Å². The van der Waals surface area contributed by atoms with Crippen molar-refractivity contribution in [1.82, 2.24) is 9.97 Å². The van der Waals surface area contributed by atoms with E-state index in [-0.39, 0.29) is 6.10 Å². The summed E-state index contributed by atoms with van der Waals surface area (Å²) in [6.45, 7) is 1.92. The second-order valence-corrected chi connectivity index (χ2v) is 4.05. The molecule has 1 N–H and O–H groups in total. The molecule has 4 nitrogen and oxygen atoms in total. The van der Waals surface area contributed by atoms with Gasteiger partial charge in [-0.25, -0.2) is 9.97 Å². The molecule has 0 saturated heterocycles. The monoisotopic (exact) mass is 216 g/mol. The number of fused-ring (bicyclic) bond motifs is 2. The highest BCUT2D eigenvalue weighted by Crippen LogP contribution is 2.27. The Hall–Kier alpha value is -1.52. The van der Waals surface area contributed by atoms with Gasteiger partial charge in [-0.3, -0.25) is 0 Å². The van der Waals surface area contributed by atoms with Gasteiger partial charge in [-0.1, -0.05) is 12.1 Å². The summed E-state index contributed by atoms with van der Waals surface area (Å²) in [5.41, 5.74) is 3.04. The van der Waals surface area contributed by atoms with E-state index < -0.39 is 6.29 Å². The Labute approximate surface area is 92.9 Å². The van der Waals surface area contributed by atoms with E-state index >= 15 is 0 Å². The zero-order chi connectivity index (χ0) is 11.1. The van der Waals surface area contributed by atoms with E-state index in [1.807, 2.05) is 31.2 Å². The molecule has 3 rings (SSSR count). The Balaban J connectivity index is 2.22. The molecule has 0 bridgehead atoms. The molecule has 0 fully saturated rings. The van der Waals surface area contributed by atoms with Crippen LogP contribution in [0.5, 0.6) is 0 Å². The fraction of sp³-hybridized carbons (Fsp3) is 0.333. The molecule has 2 heterocycles. The van der Waals surface area contributed by atoms with Crippen LogP contribution in [0.4, 0.5) is 0 Å². The Bertz CT molecular complexity index is 542. The molecule has 0 radical (unpaired) electrons. The number of ether oxygens (including phenoxy) is 1. The van der Waals surface area contributed by atoms with E-state index in [9.17, 15) is 5.11 Å². The van der Waals surface area contributed by atoms with Gasteiger partial charge in [0, 0.05) is 6.42 Å². The van der Waals surface area contributed by atoms with Crippen molar-refractivity contribution in [2.24, 2.45) is 0 Å². The topological polar surface area (TPSA) is 55.2 Å². The number of nitrogens with zero attached hydrogens (tertiary/aromatic N) is 2. The predicted molar refractivity (Wildman–Crippen MR) is 58.7 cm³/mol. The SMILES string of the molecule is CC1Cc2nc3ccccc3nc2C(O)O1. The van der Waals surface area contributed by atoms with Crippen LogP contribution < -0.4 is 0 Å². The van der Waals surface area contributed by atoms with Crippen molar-refractivity contribution in [3.8, 4) is 0 Å². The normalized spacial score (nSPS) is 24.4. The van der Waals surface area contributed by atoms with Crippen LogP contribution in [0.15, 0.2) is 24.3 Å². The summed E-state index contributed by atoms with van der Waals surface area (Å²) in [4.78, 5) is 8.91. The Morgan fingerprint density at radius 2 is 1.94 bits per heavy atom. The number of aliphatic hydroxyl groups is 1. The van der Waals surface area contributed by atoms with E-state index in [2.05, 4.69) is 9.97 Å². The fourth-order valence-corrected chi connectivity index (χ4v) is 2.00. The third kappa shape index (κ3) is 1.47. The number of para-hydroxylation sites is 2. The first-order chi connectivity index (χ1) is 7.74. The van der Waals surface area contributed by atoms with Crippen LogP contribution in [0, 0.1) is 0 Å². The maximum absolute atomic E-state index is 9.77. The van der Waals surface area contributed by atoms with Crippen LogP contribution >= 0.6 is 0 Å². The largest absolute Gasteiger partial charge is 0.363 e. The first kappa shape index (κ1) is 9.69. The fourth-order valence-electron chi connectivity index (χ4n) is 2.00.